The quantitative estimate of drug-likeness (QED) is 0.850. The zero-order chi connectivity index (χ0) is 14.4. The number of anilines is 1. The number of piperidine rings is 1. The lowest BCUT2D eigenvalue weighted by Crippen LogP contribution is -2.36. The van der Waals surface area contributed by atoms with Crippen molar-refractivity contribution in [1.29, 1.82) is 0 Å². The number of nitrogens with zero attached hydrogens (tertiary/aromatic N) is 4. The van der Waals surface area contributed by atoms with Gasteiger partial charge >= 0.3 is 0 Å². The molecular formula is C15H27N5. The molecule has 112 valence electrons. The maximum atomic E-state index is 4.52. The molecule has 1 fully saturated rings. The van der Waals surface area contributed by atoms with E-state index < -0.39 is 0 Å². The van der Waals surface area contributed by atoms with E-state index in [1.807, 2.05) is 12.4 Å². The SMILES string of the molecule is CCNCc1cnc(N(C)CC2CCN(C)CC2)cn1. The topological polar surface area (TPSA) is 44.3 Å². The number of aromatic nitrogens is 2. The Hall–Kier alpha value is -1.20. The van der Waals surface area contributed by atoms with Gasteiger partial charge in [-0.25, -0.2) is 4.98 Å². The van der Waals surface area contributed by atoms with Gasteiger partial charge in [0.25, 0.3) is 0 Å². The van der Waals surface area contributed by atoms with Crippen LogP contribution in [0.1, 0.15) is 25.5 Å². The molecule has 1 aliphatic heterocycles. The number of nitrogens with one attached hydrogen (secondary N) is 1. The smallest absolute Gasteiger partial charge is 0.146 e. The molecule has 0 aliphatic carbocycles. The Labute approximate surface area is 122 Å². The summed E-state index contributed by atoms with van der Waals surface area (Å²) >= 11 is 0. The molecule has 0 unspecified atom stereocenters. The van der Waals surface area contributed by atoms with Crippen molar-refractivity contribution in [3.05, 3.63) is 18.1 Å². The molecule has 1 aromatic rings. The van der Waals surface area contributed by atoms with Crippen LogP contribution in [0.25, 0.3) is 0 Å². The predicted octanol–water partition coefficient (Wildman–Crippen LogP) is 1.36. The van der Waals surface area contributed by atoms with E-state index in [2.05, 4.69) is 46.1 Å². The van der Waals surface area contributed by atoms with E-state index >= 15 is 0 Å². The zero-order valence-electron chi connectivity index (χ0n) is 13.0. The van der Waals surface area contributed by atoms with Gasteiger partial charge < -0.3 is 15.1 Å². The number of rotatable bonds is 6. The van der Waals surface area contributed by atoms with E-state index in [1.165, 1.54) is 25.9 Å². The van der Waals surface area contributed by atoms with Crippen molar-refractivity contribution in [2.45, 2.75) is 26.3 Å². The maximum Gasteiger partial charge on any atom is 0.146 e. The van der Waals surface area contributed by atoms with Gasteiger partial charge in [-0.3, -0.25) is 4.98 Å². The first kappa shape index (κ1) is 15.2. The van der Waals surface area contributed by atoms with Crippen molar-refractivity contribution in [2.75, 3.05) is 45.2 Å². The summed E-state index contributed by atoms with van der Waals surface area (Å²) in [4.78, 5) is 13.6. The highest BCUT2D eigenvalue weighted by molar-refractivity contribution is 5.34. The first-order valence-electron chi connectivity index (χ1n) is 7.60. The van der Waals surface area contributed by atoms with Crippen LogP contribution in [0.2, 0.25) is 0 Å². The molecule has 20 heavy (non-hydrogen) atoms. The summed E-state index contributed by atoms with van der Waals surface area (Å²) in [5.74, 6) is 1.75. The molecule has 5 nitrogen and oxygen atoms in total. The van der Waals surface area contributed by atoms with E-state index in [1.54, 1.807) is 0 Å². The number of hydrogen-bond donors (Lipinski definition) is 1. The Morgan fingerprint density at radius 3 is 2.65 bits per heavy atom. The second-order valence-electron chi connectivity index (χ2n) is 5.77. The average molecular weight is 277 g/mol. The maximum absolute atomic E-state index is 4.52. The van der Waals surface area contributed by atoms with E-state index in [0.717, 1.165) is 37.1 Å². The zero-order valence-corrected chi connectivity index (χ0v) is 13.0. The lowest BCUT2D eigenvalue weighted by molar-refractivity contribution is 0.222. The lowest BCUT2D eigenvalue weighted by atomic mass is 9.97. The fourth-order valence-corrected chi connectivity index (χ4v) is 2.61. The summed E-state index contributed by atoms with van der Waals surface area (Å²) in [5.41, 5.74) is 1.00. The van der Waals surface area contributed by atoms with Gasteiger partial charge in [-0.05, 0) is 45.4 Å². The van der Waals surface area contributed by atoms with Crippen LogP contribution in [0.15, 0.2) is 12.4 Å². The van der Waals surface area contributed by atoms with Gasteiger partial charge in [0.2, 0.25) is 0 Å². The Morgan fingerprint density at radius 2 is 2.05 bits per heavy atom. The largest absolute Gasteiger partial charge is 0.358 e. The van der Waals surface area contributed by atoms with Gasteiger partial charge in [0.15, 0.2) is 0 Å². The fourth-order valence-electron chi connectivity index (χ4n) is 2.61. The molecule has 1 saturated heterocycles. The molecule has 0 bridgehead atoms. The molecule has 0 aromatic carbocycles. The third-order valence-corrected chi connectivity index (χ3v) is 4.01. The molecule has 0 atom stereocenters. The Balaban J connectivity index is 1.84. The van der Waals surface area contributed by atoms with E-state index in [0.29, 0.717) is 0 Å². The average Bonchev–Trinajstić information content (AvgIpc) is 2.48. The fraction of sp³-hybridized carbons (Fsp3) is 0.733. The highest BCUT2D eigenvalue weighted by Gasteiger charge is 2.18. The molecule has 2 rings (SSSR count). The first-order chi connectivity index (χ1) is 9.69. The minimum atomic E-state index is 0.777. The molecule has 1 aromatic heterocycles. The lowest BCUT2D eigenvalue weighted by Gasteiger charge is -2.31. The molecule has 0 amide bonds. The summed E-state index contributed by atoms with van der Waals surface area (Å²) < 4.78 is 0. The summed E-state index contributed by atoms with van der Waals surface area (Å²) in [6.45, 7) is 7.35. The minimum absolute atomic E-state index is 0.777. The van der Waals surface area contributed by atoms with Gasteiger partial charge in [0.05, 0.1) is 18.1 Å². The Kier molecular flexibility index (Phi) is 5.73. The molecule has 2 heterocycles. The summed E-state index contributed by atoms with van der Waals surface area (Å²) in [6.07, 6.45) is 6.34. The second-order valence-corrected chi connectivity index (χ2v) is 5.77. The highest BCUT2D eigenvalue weighted by Crippen LogP contribution is 2.19. The summed E-state index contributed by atoms with van der Waals surface area (Å²) in [6, 6.07) is 0. The van der Waals surface area contributed by atoms with Crippen molar-refractivity contribution in [3.8, 4) is 0 Å². The highest BCUT2D eigenvalue weighted by atomic mass is 15.2. The predicted molar refractivity (Wildman–Crippen MR) is 82.9 cm³/mol. The van der Waals surface area contributed by atoms with Gasteiger partial charge in [0, 0.05) is 20.1 Å². The van der Waals surface area contributed by atoms with Crippen LogP contribution >= 0.6 is 0 Å². The van der Waals surface area contributed by atoms with Crippen molar-refractivity contribution in [3.63, 3.8) is 0 Å². The van der Waals surface area contributed by atoms with Crippen LogP contribution in [-0.4, -0.2) is 55.1 Å². The molecule has 1 N–H and O–H groups in total. The summed E-state index contributed by atoms with van der Waals surface area (Å²) in [5, 5.41) is 3.26. The molecule has 1 aliphatic rings. The first-order valence-corrected chi connectivity index (χ1v) is 7.60. The van der Waals surface area contributed by atoms with Crippen LogP contribution in [0.4, 0.5) is 5.82 Å². The monoisotopic (exact) mass is 277 g/mol. The van der Waals surface area contributed by atoms with Gasteiger partial charge in [-0.2, -0.15) is 0 Å². The van der Waals surface area contributed by atoms with Gasteiger partial charge in [0.1, 0.15) is 5.82 Å². The number of hydrogen-bond acceptors (Lipinski definition) is 5. The second kappa shape index (κ2) is 7.55. The van der Waals surface area contributed by atoms with Crippen LogP contribution in [0, 0.1) is 5.92 Å². The van der Waals surface area contributed by atoms with E-state index in [-0.39, 0.29) is 0 Å². The third kappa shape index (κ3) is 4.42. The number of likely N-dealkylation sites (tertiary alicyclic amines) is 1. The minimum Gasteiger partial charge on any atom is -0.358 e. The van der Waals surface area contributed by atoms with E-state index in [9.17, 15) is 0 Å². The molecule has 0 radical (unpaired) electrons. The Morgan fingerprint density at radius 1 is 1.30 bits per heavy atom. The van der Waals surface area contributed by atoms with Crippen molar-refractivity contribution in [2.24, 2.45) is 5.92 Å². The van der Waals surface area contributed by atoms with Crippen LogP contribution in [0.5, 0.6) is 0 Å². The van der Waals surface area contributed by atoms with Crippen LogP contribution in [-0.2, 0) is 6.54 Å². The van der Waals surface area contributed by atoms with Crippen LogP contribution < -0.4 is 10.2 Å². The molecular weight excluding hydrogens is 250 g/mol. The van der Waals surface area contributed by atoms with Crippen molar-refractivity contribution >= 4 is 5.82 Å². The van der Waals surface area contributed by atoms with Gasteiger partial charge in [-0.1, -0.05) is 6.92 Å². The van der Waals surface area contributed by atoms with E-state index in [4.69, 9.17) is 0 Å². The molecule has 0 saturated carbocycles. The van der Waals surface area contributed by atoms with Crippen LogP contribution in [0.3, 0.4) is 0 Å². The normalized spacial score (nSPS) is 17.4. The third-order valence-electron chi connectivity index (χ3n) is 4.01. The molecule has 0 spiro atoms. The Bertz CT molecular complexity index is 384. The van der Waals surface area contributed by atoms with Gasteiger partial charge in [-0.15, -0.1) is 0 Å². The standard InChI is InChI=1S/C15H27N5/c1-4-16-9-14-10-18-15(11-17-14)20(3)12-13-5-7-19(2)8-6-13/h10-11,13,16H,4-9,12H2,1-3H3. The molecule has 5 heteroatoms. The van der Waals surface area contributed by atoms with Crippen molar-refractivity contribution < 1.29 is 0 Å². The summed E-state index contributed by atoms with van der Waals surface area (Å²) in [7, 11) is 4.32. The van der Waals surface area contributed by atoms with Crippen molar-refractivity contribution in [1.82, 2.24) is 20.2 Å².